The first-order chi connectivity index (χ1) is 16.1. The first kappa shape index (κ1) is 23.2. The topological polar surface area (TPSA) is 47.7 Å². The number of rotatable bonds is 3. The van der Waals surface area contributed by atoms with Crippen molar-refractivity contribution in [2.75, 3.05) is 7.11 Å². The van der Waals surface area contributed by atoms with E-state index < -0.39 is 9.84 Å². The average Bonchev–Trinajstić information content (AvgIpc) is 3.16. The van der Waals surface area contributed by atoms with Gasteiger partial charge in [-0.05, 0) is 85.6 Å². The van der Waals surface area contributed by atoms with E-state index >= 15 is 0 Å². The van der Waals surface area contributed by atoms with Gasteiger partial charge in [0.25, 0.3) is 5.03 Å². The quantitative estimate of drug-likeness (QED) is 0.352. The monoisotopic (exact) mass is 475 g/mol. The normalized spacial score (nSPS) is 33.9. The molecule has 4 atom stereocenters. The molecule has 1 aromatic carbocycles. The van der Waals surface area contributed by atoms with Crippen LogP contribution in [0.2, 0.25) is 0 Å². The minimum Gasteiger partial charge on any atom is -0.501 e. The lowest BCUT2D eigenvalue weighted by Gasteiger charge is -2.51. The highest BCUT2D eigenvalue weighted by atomic mass is 32.2. The zero-order valence-corrected chi connectivity index (χ0v) is 21.3. The van der Waals surface area contributed by atoms with Crippen LogP contribution in [0.25, 0.3) is 4.85 Å². The van der Waals surface area contributed by atoms with Crippen molar-refractivity contribution in [3.8, 4) is 0 Å². The fraction of sp³-hybridized carbons (Fsp3) is 0.483. The Bertz CT molecular complexity index is 1310. The molecule has 1 saturated carbocycles. The smallest absolute Gasteiger partial charge is 0.282 e. The van der Waals surface area contributed by atoms with Gasteiger partial charge in [0.05, 0.1) is 24.3 Å². The third kappa shape index (κ3) is 3.26. The summed E-state index contributed by atoms with van der Waals surface area (Å²) in [6.07, 6.45) is 12.4. The number of benzene rings is 1. The van der Waals surface area contributed by atoms with E-state index in [1.54, 1.807) is 31.4 Å². The highest BCUT2D eigenvalue weighted by Crippen LogP contribution is 2.64. The van der Waals surface area contributed by atoms with Crippen LogP contribution in [0, 0.1) is 36.2 Å². The van der Waals surface area contributed by atoms with Crippen molar-refractivity contribution in [3.05, 3.63) is 87.0 Å². The molecule has 0 unspecified atom stereocenters. The Morgan fingerprint density at radius 3 is 2.56 bits per heavy atom. The molecule has 178 valence electrons. The fourth-order valence-electron chi connectivity index (χ4n) is 7.07. The largest absolute Gasteiger partial charge is 0.501 e. The van der Waals surface area contributed by atoms with Crippen LogP contribution in [0.4, 0.5) is 0 Å². The molecular formula is C29H33NO3S. The standard InChI is InChI=1S/C29H33NO3S/c1-19-6-9-22(10-7-19)34(31,32)27(30-4)26-13-12-24-23-11-8-20-18-21(33-5)14-16-28(20,2)25(23)15-17-29(24,26)3/h6-10,15,18,23-24H,11-14,16-17H2,1-3,5H3/b27-26-/t23-,24-,28-,29-/m0/s1. The van der Waals surface area contributed by atoms with Gasteiger partial charge in [0.2, 0.25) is 9.84 Å². The van der Waals surface area contributed by atoms with E-state index in [4.69, 9.17) is 11.3 Å². The number of sulfone groups is 1. The van der Waals surface area contributed by atoms with Crippen molar-refractivity contribution in [1.82, 2.24) is 0 Å². The molecule has 0 heterocycles. The van der Waals surface area contributed by atoms with Crippen LogP contribution in [0.1, 0.15) is 57.9 Å². The van der Waals surface area contributed by atoms with Crippen LogP contribution in [-0.4, -0.2) is 15.5 Å². The molecule has 0 spiro atoms. The summed E-state index contributed by atoms with van der Waals surface area (Å²) < 4.78 is 32.6. The third-order valence-electron chi connectivity index (χ3n) is 9.11. The highest BCUT2D eigenvalue weighted by molar-refractivity contribution is 7.95. The van der Waals surface area contributed by atoms with Gasteiger partial charge in [-0.3, -0.25) is 0 Å². The summed E-state index contributed by atoms with van der Waals surface area (Å²) in [6, 6.07) is 6.86. The lowest BCUT2D eigenvalue weighted by molar-refractivity contribution is 0.158. The minimum absolute atomic E-state index is 0.0232. The molecule has 5 heteroatoms. The molecule has 4 nitrogen and oxygen atoms in total. The predicted molar refractivity (Wildman–Crippen MR) is 134 cm³/mol. The summed E-state index contributed by atoms with van der Waals surface area (Å²) in [5.41, 5.74) is 4.45. The second-order valence-electron chi connectivity index (χ2n) is 10.8. The van der Waals surface area contributed by atoms with Gasteiger partial charge >= 0.3 is 0 Å². The molecule has 0 aromatic heterocycles. The van der Waals surface area contributed by atoms with Gasteiger partial charge in [0.15, 0.2) is 0 Å². The summed E-state index contributed by atoms with van der Waals surface area (Å²) in [5, 5.41) is -0.0400. The number of allylic oxidation sites excluding steroid dienone is 7. The lowest BCUT2D eigenvalue weighted by atomic mass is 9.53. The van der Waals surface area contributed by atoms with E-state index in [0.717, 1.165) is 49.0 Å². The zero-order valence-electron chi connectivity index (χ0n) is 20.5. The molecule has 1 fully saturated rings. The van der Waals surface area contributed by atoms with Crippen molar-refractivity contribution in [2.45, 2.75) is 64.2 Å². The Hall–Kier alpha value is -2.58. The van der Waals surface area contributed by atoms with E-state index in [1.807, 2.05) is 6.92 Å². The Labute approximate surface area is 203 Å². The van der Waals surface area contributed by atoms with Gasteiger partial charge in [-0.2, -0.15) is 0 Å². The number of aryl methyl sites for hydroxylation is 1. The Morgan fingerprint density at radius 2 is 1.88 bits per heavy atom. The van der Waals surface area contributed by atoms with Crippen molar-refractivity contribution in [3.63, 3.8) is 0 Å². The molecule has 0 bridgehead atoms. The number of hydrogen-bond donors (Lipinski definition) is 0. The molecule has 0 aliphatic heterocycles. The van der Waals surface area contributed by atoms with Gasteiger partial charge in [-0.1, -0.05) is 49.3 Å². The Kier molecular flexibility index (Phi) is 5.44. The number of ether oxygens (including phenoxy) is 1. The summed E-state index contributed by atoms with van der Waals surface area (Å²) in [4.78, 5) is 3.88. The SMILES string of the molecule is [C-]#[N+]/C(=C1\CC[C@H]2[C@@H]3CC=C4C=C(OC)CC[C@]4(C)C3=CC[C@]12C)S(=O)(=O)c1ccc(C)cc1. The maximum Gasteiger partial charge on any atom is 0.282 e. The van der Waals surface area contributed by atoms with Crippen LogP contribution in [0.3, 0.4) is 0 Å². The van der Waals surface area contributed by atoms with Gasteiger partial charge in [-0.25, -0.2) is 13.3 Å². The van der Waals surface area contributed by atoms with E-state index in [1.165, 1.54) is 11.1 Å². The number of nitrogens with zero attached hydrogens (tertiary/aromatic N) is 1. The maximum absolute atomic E-state index is 13.5. The van der Waals surface area contributed by atoms with E-state index in [9.17, 15) is 8.42 Å². The van der Waals surface area contributed by atoms with Crippen LogP contribution in [0.5, 0.6) is 0 Å². The summed E-state index contributed by atoms with van der Waals surface area (Å²) in [5.74, 6) is 1.81. The lowest BCUT2D eigenvalue weighted by Crippen LogP contribution is -2.42. The molecule has 0 amide bonds. The first-order valence-corrected chi connectivity index (χ1v) is 13.7. The van der Waals surface area contributed by atoms with Crippen molar-refractivity contribution >= 4 is 9.84 Å². The van der Waals surface area contributed by atoms with Crippen LogP contribution in [-0.2, 0) is 14.6 Å². The van der Waals surface area contributed by atoms with Gasteiger partial charge < -0.3 is 4.74 Å². The summed E-state index contributed by atoms with van der Waals surface area (Å²) in [6.45, 7) is 14.4. The zero-order chi connectivity index (χ0) is 24.3. The van der Waals surface area contributed by atoms with E-state index in [2.05, 4.69) is 36.9 Å². The first-order valence-electron chi connectivity index (χ1n) is 12.2. The summed E-state index contributed by atoms with van der Waals surface area (Å²) in [7, 11) is -2.09. The van der Waals surface area contributed by atoms with Crippen LogP contribution < -0.4 is 0 Å². The van der Waals surface area contributed by atoms with Crippen LogP contribution >= 0.6 is 0 Å². The van der Waals surface area contributed by atoms with Gasteiger partial charge in [0.1, 0.15) is 0 Å². The van der Waals surface area contributed by atoms with Gasteiger partial charge in [-0.15, -0.1) is 0 Å². The predicted octanol–water partition coefficient (Wildman–Crippen LogP) is 6.92. The molecule has 34 heavy (non-hydrogen) atoms. The molecule has 0 radical (unpaired) electrons. The third-order valence-corrected chi connectivity index (χ3v) is 10.8. The van der Waals surface area contributed by atoms with Gasteiger partial charge in [0, 0.05) is 11.8 Å². The second kappa shape index (κ2) is 7.99. The molecule has 1 aromatic rings. The van der Waals surface area contributed by atoms with Crippen molar-refractivity contribution in [1.29, 1.82) is 0 Å². The maximum atomic E-state index is 13.5. The average molecular weight is 476 g/mol. The molecule has 0 saturated heterocycles. The Morgan fingerprint density at radius 1 is 1.15 bits per heavy atom. The molecule has 4 aliphatic carbocycles. The molecule has 4 aliphatic rings. The van der Waals surface area contributed by atoms with Crippen LogP contribution in [0.15, 0.2) is 74.9 Å². The number of hydrogen-bond acceptors (Lipinski definition) is 3. The molecule has 5 rings (SSSR count). The molecular weight excluding hydrogens is 442 g/mol. The van der Waals surface area contributed by atoms with Crippen molar-refractivity contribution < 1.29 is 13.2 Å². The minimum atomic E-state index is -3.84. The van der Waals surface area contributed by atoms with E-state index in [0.29, 0.717) is 18.3 Å². The molecule has 0 N–H and O–H groups in total. The fourth-order valence-corrected chi connectivity index (χ4v) is 8.56. The number of methoxy groups -OCH3 is 1. The summed E-state index contributed by atoms with van der Waals surface area (Å²) >= 11 is 0. The van der Waals surface area contributed by atoms with Crippen molar-refractivity contribution in [2.24, 2.45) is 22.7 Å². The van der Waals surface area contributed by atoms with E-state index in [-0.39, 0.29) is 20.8 Å². The number of fused-ring (bicyclic) bond motifs is 5. The Balaban J connectivity index is 1.56. The second-order valence-corrected chi connectivity index (χ2v) is 12.7. The highest BCUT2D eigenvalue weighted by Gasteiger charge is 2.54.